The van der Waals surface area contributed by atoms with E-state index in [4.69, 9.17) is 0 Å². The molecule has 0 aliphatic rings. The van der Waals surface area contributed by atoms with E-state index in [0.717, 1.165) is 37.5 Å². The van der Waals surface area contributed by atoms with Crippen LogP contribution < -0.4 is 10.2 Å². The van der Waals surface area contributed by atoms with Crippen LogP contribution in [0.5, 0.6) is 0 Å². The molecule has 4 nitrogen and oxygen atoms in total. The number of hydrogen-bond donors (Lipinski definition) is 1. The number of carbonyl (C=O) groups is 1. The molecule has 2 rings (SSSR count). The zero-order valence-corrected chi connectivity index (χ0v) is 10.9. The fourth-order valence-electron chi connectivity index (χ4n) is 1.46. The molecule has 0 fully saturated rings. The van der Waals surface area contributed by atoms with Crippen LogP contribution in [-0.2, 0) is 0 Å². The summed E-state index contributed by atoms with van der Waals surface area (Å²) in [6.45, 7) is 3.85. The number of amides is 1. The SMILES string of the molecule is Cc1cccc(C)c1NC(=O)c1nc(=O)ss1. The molecule has 0 bridgehead atoms. The van der Waals surface area contributed by atoms with Gasteiger partial charge in [-0.05, 0) is 45.7 Å². The standard InChI is InChI=1S/C11H10N2O2S2/c1-6-4-3-5-7(2)8(6)12-9(14)10-13-11(15)17-16-10/h3-5H,1-2H3,(H,12,14). The van der Waals surface area contributed by atoms with Crippen molar-refractivity contribution in [1.29, 1.82) is 0 Å². The van der Waals surface area contributed by atoms with Crippen LogP contribution in [-0.4, -0.2) is 10.9 Å². The number of nitrogens with one attached hydrogen (secondary N) is 1. The molecule has 6 heteroatoms. The number of para-hydroxylation sites is 1. The predicted octanol–water partition coefficient (Wildman–Crippen LogP) is 2.43. The highest BCUT2D eigenvalue weighted by molar-refractivity contribution is 7.68. The highest BCUT2D eigenvalue weighted by Crippen LogP contribution is 2.20. The second-order valence-corrected chi connectivity index (χ2v) is 5.64. The molecule has 1 amide bonds. The van der Waals surface area contributed by atoms with Crippen molar-refractivity contribution in [3.8, 4) is 0 Å². The Balaban J connectivity index is 2.27. The van der Waals surface area contributed by atoms with Crippen molar-refractivity contribution in [2.45, 2.75) is 13.8 Å². The predicted molar refractivity (Wildman–Crippen MR) is 70.1 cm³/mol. The zero-order chi connectivity index (χ0) is 12.4. The average Bonchev–Trinajstić information content (AvgIpc) is 2.70. The molecule has 0 saturated heterocycles. The van der Waals surface area contributed by atoms with E-state index < -0.39 is 0 Å². The minimum Gasteiger partial charge on any atom is -0.319 e. The van der Waals surface area contributed by atoms with Crippen molar-refractivity contribution < 1.29 is 4.79 Å². The van der Waals surface area contributed by atoms with Gasteiger partial charge in [-0.25, -0.2) is 0 Å². The van der Waals surface area contributed by atoms with Crippen molar-refractivity contribution in [2.75, 3.05) is 5.32 Å². The maximum atomic E-state index is 11.8. The second-order valence-electron chi connectivity index (χ2n) is 3.57. The largest absolute Gasteiger partial charge is 0.337 e. The Bertz CT molecular complexity index is 596. The van der Waals surface area contributed by atoms with Crippen LogP contribution in [0.4, 0.5) is 5.69 Å². The highest BCUT2D eigenvalue weighted by Gasteiger charge is 2.13. The van der Waals surface area contributed by atoms with Gasteiger partial charge in [0.05, 0.1) is 0 Å². The van der Waals surface area contributed by atoms with Crippen molar-refractivity contribution in [3.05, 3.63) is 44.0 Å². The molecule has 1 heterocycles. The molecule has 1 aromatic carbocycles. The van der Waals surface area contributed by atoms with Crippen molar-refractivity contribution in [1.82, 2.24) is 4.98 Å². The topological polar surface area (TPSA) is 59.1 Å². The van der Waals surface area contributed by atoms with Gasteiger partial charge in [0.1, 0.15) is 0 Å². The number of carbonyl (C=O) groups excluding carboxylic acids is 1. The van der Waals surface area contributed by atoms with E-state index >= 15 is 0 Å². The lowest BCUT2D eigenvalue weighted by Crippen LogP contribution is -2.14. The van der Waals surface area contributed by atoms with Crippen LogP contribution in [0.1, 0.15) is 20.9 Å². The zero-order valence-electron chi connectivity index (χ0n) is 9.31. The number of aromatic nitrogens is 1. The quantitative estimate of drug-likeness (QED) is 0.849. The summed E-state index contributed by atoms with van der Waals surface area (Å²) in [6.07, 6.45) is 0. The molecular weight excluding hydrogens is 256 g/mol. The van der Waals surface area contributed by atoms with Crippen LogP contribution in [0.15, 0.2) is 23.0 Å². The van der Waals surface area contributed by atoms with Gasteiger partial charge in [-0.3, -0.25) is 9.59 Å². The minimum absolute atomic E-state index is 0.211. The van der Waals surface area contributed by atoms with Gasteiger partial charge in [-0.1, -0.05) is 18.2 Å². The molecule has 0 unspecified atom stereocenters. The van der Waals surface area contributed by atoms with Gasteiger partial charge in [0.15, 0.2) is 5.01 Å². The number of nitrogens with zero attached hydrogens (tertiary/aromatic N) is 1. The van der Waals surface area contributed by atoms with Crippen molar-refractivity contribution >= 4 is 32.3 Å². The molecule has 0 radical (unpaired) electrons. The Morgan fingerprint density at radius 2 is 1.88 bits per heavy atom. The molecule has 1 N–H and O–H groups in total. The van der Waals surface area contributed by atoms with E-state index in [1.165, 1.54) is 0 Å². The first kappa shape index (κ1) is 11.9. The third kappa shape index (κ3) is 2.59. The molecule has 88 valence electrons. The van der Waals surface area contributed by atoms with E-state index in [2.05, 4.69) is 10.3 Å². The molecule has 0 aliphatic heterocycles. The van der Waals surface area contributed by atoms with Crippen LogP contribution in [0.25, 0.3) is 0 Å². The average molecular weight is 266 g/mol. The number of aryl methyl sites for hydroxylation is 2. The Labute approximate surface area is 105 Å². The third-order valence-electron chi connectivity index (χ3n) is 2.30. The second kappa shape index (κ2) is 4.77. The van der Waals surface area contributed by atoms with Crippen LogP contribution in [0, 0.1) is 13.8 Å². The summed E-state index contributed by atoms with van der Waals surface area (Å²) < 4.78 is 0. The summed E-state index contributed by atoms with van der Waals surface area (Å²) >= 11 is 0. The van der Waals surface area contributed by atoms with E-state index in [0.29, 0.717) is 0 Å². The van der Waals surface area contributed by atoms with Gasteiger partial charge in [0.25, 0.3) is 5.91 Å². The molecule has 1 aromatic heterocycles. The van der Waals surface area contributed by atoms with E-state index in [1.807, 2.05) is 32.0 Å². The van der Waals surface area contributed by atoms with Gasteiger partial charge in [-0.15, -0.1) is 0 Å². The highest BCUT2D eigenvalue weighted by atomic mass is 32.9. The van der Waals surface area contributed by atoms with Gasteiger partial charge >= 0.3 is 4.87 Å². The first-order valence-corrected chi connectivity index (χ1v) is 7.07. The molecule has 0 saturated carbocycles. The molecule has 0 atom stereocenters. The number of anilines is 1. The lowest BCUT2D eigenvalue weighted by atomic mass is 10.1. The number of hydrogen-bond acceptors (Lipinski definition) is 5. The Morgan fingerprint density at radius 1 is 1.24 bits per heavy atom. The van der Waals surface area contributed by atoms with Gasteiger partial charge in [0, 0.05) is 5.69 Å². The molecule has 17 heavy (non-hydrogen) atoms. The maximum absolute atomic E-state index is 11.8. The molecular formula is C11H10N2O2S2. The Hall–Kier alpha value is -1.53. The number of rotatable bonds is 2. The lowest BCUT2D eigenvalue weighted by Gasteiger charge is -2.09. The summed E-state index contributed by atoms with van der Waals surface area (Å²) in [5, 5.41) is 3.00. The summed E-state index contributed by atoms with van der Waals surface area (Å²) in [7, 11) is 2.06. The normalized spacial score (nSPS) is 10.2. The fraction of sp³-hybridized carbons (Fsp3) is 0.182. The fourth-order valence-corrected chi connectivity index (χ4v) is 2.95. The van der Waals surface area contributed by atoms with Gasteiger partial charge in [0.2, 0.25) is 0 Å². The third-order valence-corrected chi connectivity index (χ3v) is 4.20. The van der Waals surface area contributed by atoms with Gasteiger partial charge < -0.3 is 5.32 Å². The summed E-state index contributed by atoms with van der Waals surface area (Å²) in [5.74, 6) is -0.328. The number of benzene rings is 1. The van der Waals surface area contributed by atoms with Crippen molar-refractivity contribution in [2.24, 2.45) is 0 Å². The Kier molecular flexibility index (Phi) is 3.35. The van der Waals surface area contributed by atoms with Crippen LogP contribution in [0.2, 0.25) is 0 Å². The summed E-state index contributed by atoms with van der Waals surface area (Å²) in [5.41, 5.74) is 2.76. The molecule has 0 spiro atoms. The van der Waals surface area contributed by atoms with Crippen LogP contribution in [0.3, 0.4) is 0 Å². The lowest BCUT2D eigenvalue weighted by molar-refractivity contribution is 0.102. The van der Waals surface area contributed by atoms with E-state index in [9.17, 15) is 9.59 Å². The van der Waals surface area contributed by atoms with Crippen molar-refractivity contribution in [3.63, 3.8) is 0 Å². The maximum Gasteiger partial charge on any atom is 0.337 e. The minimum atomic E-state index is -0.332. The van der Waals surface area contributed by atoms with E-state index in [-0.39, 0.29) is 15.8 Å². The first-order valence-electron chi connectivity index (χ1n) is 4.92. The monoisotopic (exact) mass is 266 g/mol. The summed E-state index contributed by atoms with van der Waals surface area (Å²) in [4.78, 5) is 26.1. The van der Waals surface area contributed by atoms with Gasteiger partial charge in [-0.2, -0.15) is 4.98 Å². The van der Waals surface area contributed by atoms with E-state index in [1.54, 1.807) is 0 Å². The summed E-state index contributed by atoms with van der Waals surface area (Å²) in [6, 6.07) is 5.78. The van der Waals surface area contributed by atoms with Crippen LogP contribution >= 0.6 is 20.7 Å². The smallest absolute Gasteiger partial charge is 0.319 e. The molecule has 2 aromatic rings. The Morgan fingerprint density at radius 3 is 2.41 bits per heavy atom. The first-order chi connectivity index (χ1) is 8.08. The molecule has 0 aliphatic carbocycles.